The molecule has 0 amide bonds. The molecule has 0 unspecified atom stereocenters. The number of nitrogens with zero attached hydrogens (tertiary/aromatic N) is 4. The number of hydrogen-bond donors (Lipinski definition) is 1. The minimum absolute atomic E-state index is 0.0458. The average molecular weight is 332 g/mol. The second-order valence-electron chi connectivity index (χ2n) is 5.93. The molecule has 0 atom stereocenters. The summed E-state index contributed by atoms with van der Waals surface area (Å²) in [5.41, 5.74) is 2.67. The van der Waals surface area contributed by atoms with Gasteiger partial charge in [0.25, 0.3) is 5.56 Å². The molecule has 3 aromatic heterocycles. The van der Waals surface area contributed by atoms with Crippen LogP contribution in [0, 0.1) is 0 Å². The van der Waals surface area contributed by atoms with Crippen molar-refractivity contribution in [3.05, 3.63) is 77.1 Å². The second-order valence-corrected chi connectivity index (χ2v) is 5.93. The molecule has 4 aromatic rings. The maximum atomic E-state index is 13.1. The van der Waals surface area contributed by atoms with E-state index >= 15 is 0 Å². The van der Waals surface area contributed by atoms with Crippen LogP contribution in [0.4, 0.5) is 0 Å². The van der Waals surface area contributed by atoms with E-state index in [2.05, 4.69) is 10.1 Å². The number of fused-ring (bicyclic) bond motifs is 1. The van der Waals surface area contributed by atoms with Crippen LogP contribution in [0.15, 0.2) is 66.0 Å². The minimum Gasteiger partial charge on any atom is -0.506 e. The summed E-state index contributed by atoms with van der Waals surface area (Å²) in [6.45, 7) is 0.398. The van der Waals surface area contributed by atoms with Gasteiger partial charge in [-0.3, -0.25) is 14.5 Å². The molecule has 0 saturated carbocycles. The molecule has 25 heavy (non-hydrogen) atoms. The lowest BCUT2D eigenvalue weighted by atomic mass is 10.1. The Balaban J connectivity index is 2.00. The van der Waals surface area contributed by atoms with Gasteiger partial charge in [-0.1, -0.05) is 30.3 Å². The van der Waals surface area contributed by atoms with Crippen LogP contribution in [-0.4, -0.2) is 24.4 Å². The summed E-state index contributed by atoms with van der Waals surface area (Å²) < 4.78 is 3.28. The molecule has 0 aliphatic heterocycles. The molecule has 6 heteroatoms. The van der Waals surface area contributed by atoms with E-state index in [1.54, 1.807) is 41.0 Å². The molecule has 1 N–H and O–H groups in total. The summed E-state index contributed by atoms with van der Waals surface area (Å²) in [6, 6.07) is 11.4. The van der Waals surface area contributed by atoms with Gasteiger partial charge in [-0.15, -0.1) is 0 Å². The molecule has 0 spiro atoms. The maximum absolute atomic E-state index is 13.1. The molecule has 0 aliphatic carbocycles. The smallest absolute Gasteiger partial charge is 0.259 e. The van der Waals surface area contributed by atoms with Crippen LogP contribution in [0.1, 0.15) is 5.56 Å². The fourth-order valence-electron chi connectivity index (χ4n) is 2.96. The second kappa shape index (κ2) is 5.90. The van der Waals surface area contributed by atoms with E-state index in [9.17, 15) is 9.90 Å². The highest BCUT2D eigenvalue weighted by atomic mass is 16.3. The molecular formula is C19H16N4O2. The van der Waals surface area contributed by atoms with E-state index in [4.69, 9.17) is 0 Å². The van der Waals surface area contributed by atoms with E-state index in [0.717, 1.165) is 5.56 Å². The maximum Gasteiger partial charge on any atom is 0.259 e. The predicted molar refractivity (Wildman–Crippen MR) is 95.4 cm³/mol. The third kappa shape index (κ3) is 2.67. The van der Waals surface area contributed by atoms with Crippen molar-refractivity contribution >= 4 is 10.9 Å². The van der Waals surface area contributed by atoms with Crippen molar-refractivity contribution in [2.75, 3.05) is 0 Å². The Bertz CT molecular complexity index is 1110. The van der Waals surface area contributed by atoms with Gasteiger partial charge in [0, 0.05) is 24.2 Å². The normalized spacial score (nSPS) is 11.1. The van der Waals surface area contributed by atoms with Crippen LogP contribution in [0.5, 0.6) is 5.75 Å². The minimum atomic E-state index is -0.142. The van der Waals surface area contributed by atoms with Gasteiger partial charge >= 0.3 is 0 Å². The molecule has 0 aliphatic rings. The van der Waals surface area contributed by atoms with Crippen molar-refractivity contribution in [3.63, 3.8) is 0 Å². The lowest BCUT2D eigenvalue weighted by molar-refractivity contribution is 0.479. The van der Waals surface area contributed by atoms with Crippen LogP contribution in [0.25, 0.3) is 22.0 Å². The van der Waals surface area contributed by atoms with Crippen LogP contribution in [0.2, 0.25) is 0 Å². The summed E-state index contributed by atoms with van der Waals surface area (Å²) >= 11 is 0. The molecule has 4 rings (SSSR count). The standard InChI is InChI=1S/C19H16N4O2/c1-22-12-14(8-21-22)15-7-16-17(9-20-10-18(16)24)23(19(15)25)11-13-5-3-2-4-6-13/h2-10,12,24H,11H2,1H3. The Morgan fingerprint density at radius 1 is 1.12 bits per heavy atom. The van der Waals surface area contributed by atoms with Crippen LogP contribution >= 0.6 is 0 Å². The first-order valence-electron chi connectivity index (χ1n) is 7.87. The molecule has 124 valence electrons. The van der Waals surface area contributed by atoms with Crippen LogP contribution in [-0.2, 0) is 13.6 Å². The number of pyridine rings is 2. The fourth-order valence-corrected chi connectivity index (χ4v) is 2.96. The lowest BCUT2D eigenvalue weighted by Crippen LogP contribution is -2.22. The zero-order valence-electron chi connectivity index (χ0n) is 13.6. The number of benzene rings is 1. The molecule has 0 fully saturated rings. The van der Waals surface area contributed by atoms with Gasteiger partial charge in [-0.2, -0.15) is 5.10 Å². The largest absolute Gasteiger partial charge is 0.506 e. The molecule has 3 heterocycles. The topological polar surface area (TPSA) is 72.9 Å². The van der Waals surface area contributed by atoms with Gasteiger partial charge in [0.2, 0.25) is 0 Å². The van der Waals surface area contributed by atoms with E-state index in [0.29, 0.717) is 28.6 Å². The molecule has 0 saturated heterocycles. The first-order chi connectivity index (χ1) is 12.1. The number of aromatic hydroxyl groups is 1. The van der Waals surface area contributed by atoms with Gasteiger partial charge in [0.15, 0.2) is 0 Å². The molecule has 6 nitrogen and oxygen atoms in total. The first-order valence-corrected chi connectivity index (χ1v) is 7.87. The van der Waals surface area contributed by atoms with E-state index in [1.165, 1.54) is 6.20 Å². The van der Waals surface area contributed by atoms with Crippen molar-refractivity contribution in [1.82, 2.24) is 19.3 Å². The monoisotopic (exact) mass is 332 g/mol. The van der Waals surface area contributed by atoms with Gasteiger partial charge in [-0.05, 0) is 11.6 Å². The van der Waals surface area contributed by atoms with Crippen LogP contribution < -0.4 is 5.56 Å². The summed E-state index contributed by atoms with van der Waals surface area (Å²) in [5, 5.41) is 15.0. The van der Waals surface area contributed by atoms with E-state index in [1.807, 2.05) is 30.3 Å². The lowest BCUT2D eigenvalue weighted by Gasteiger charge is -2.13. The molecule has 0 bridgehead atoms. The molecular weight excluding hydrogens is 316 g/mol. The molecule has 1 aromatic carbocycles. The third-order valence-corrected chi connectivity index (χ3v) is 4.20. The van der Waals surface area contributed by atoms with E-state index in [-0.39, 0.29) is 11.3 Å². The highest BCUT2D eigenvalue weighted by molar-refractivity contribution is 5.88. The quantitative estimate of drug-likeness (QED) is 0.626. The Hall–Kier alpha value is -3.41. The number of aromatic nitrogens is 4. The Morgan fingerprint density at radius 3 is 2.64 bits per heavy atom. The van der Waals surface area contributed by atoms with Crippen molar-refractivity contribution in [1.29, 1.82) is 0 Å². The highest BCUT2D eigenvalue weighted by Gasteiger charge is 2.15. The fraction of sp³-hybridized carbons (Fsp3) is 0.105. The summed E-state index contributed by atoms with van der Waals surface area (Å²) in [6.07, 6.45) is 6.42. The number of rotatable bonds is 3. The zero-order valence-corrected chi connectivity index (χ0v) is 13.6. The van der Waals surface area contributed by atoms with Crippen molar-refractivity contribution in [2.45, 2.75) is 6.54 Å². The molecule has 0 radical (unpaired) electrons. The Morgan fingerprint density at radius 2 is 1.92 bits per heavy atom. The number of hydrogen-bond acceptors (Lipinski definition) is 4. The van der Waals surface area contributed by atoms with E-state index < -0.39 is 0 Å². The zero-order chi connectivity index (χ0) is 17.4. The van der Waals surface area contributed by atoms with Gasteiger partial charge in [0.1, 0.15) is 5.75 Å². The van der Waals surface area contributed by atoms with Crippen molar-refractivity contribution in [2.24, 2.45) is 7.05 Å². The average Bonchev–Trinajstić information content (AvgIpc) is 3.05. The third-order valence-electron chi connectivity index (χ3n) is 4.20. The van der Waals surface area contributed by atoms with Crippen molar-refractivity contribution < 1.29 is 5.11 Å². The van der Waals surface area contributed by atoms with Crippen LogP contribution in [0.3, 0.4) is 0 Å². The first kappa shape index (κ1) is 15.1. The Kier molecular flexibility index (Phi) is 3.57. The van der Waals surface area contributed by atoms with Gasteiger partial charge in [0.05, 0.1) is 36.2 Å². The highest BCUT2D eigenvalue weighted by Crippen LogP contribution is 2.26. The summed E-state index contributed by atoms with van der Waals surface area (Å²) in [5.74, 6) is 0.0458. The van der Waals surface area contributed by atoms with Gasteiger partial charge in [-0.25, -0.2) is 0 Å². The number of aryl methyl sites for hydroxylation is 1. The summed E-state index contributed by atoms with van der Waals surface area (Å²) in [7, 11) is 1.80. The predicted octanol–water partition coefficient (Wildman–Crippen LogP) is 2.55. The summed E-state index contributed by atoms with van der Waals surface area (Å²) in [4.78, 5) is 17.2. The SMILES string of the molecule is Cn1cc(-c2cc3c(O)cncc3n(Cc3ccccc3)c2=O)cn1. The van der Waals surface area contributed by atoms with Gasteiger partial charge < -0.3 is 9.67 Å². The Labute approximate surface area is 143 Å². The van der Waals surface area contributed by atoms with Crippen molar-refractivity contribution in [3.8, 4) is 16.9 Å².